The fourth-order valence-corrected chi connectivity index (χ4v) is 12.1. The second-order valence-corrected chi connectivity index (χ2v) is 17.9. The number of para-hydroxylation sites is 5. The number of rotatable bonds is 3. The highest BCUT2D eigenvalue weighted by Crippen LogP contribution is 2.52. The number of hydrogen-bond acceptors (Lipinski definition) is 3. The van der Waals surface area contributed by atoms with Gasteiger partial charge in [-0.1, -0.05) is 140 Å². The topological polar surface area (TPSA) is 40.6 Å². The van der Waals surface area contributed by atoms with Gasteiger partial charge in [0.2, 0.25) is 5.95 Å². The lowest BCUT2D eigenvalue weighted by Gasteiger charge is -2.13. The Balaban J connectivity index is 1.08. The van der Waals surface area contributed by atoms with Crippen molar-refractivity contribution in [1.29, 1.82) is 0 Å². The molecule has 5 nitrogen and oxygen atoms in total. The quantitative estimate of drug-likeness (QED) is 0.178. The number of aromatic nitrogens is 5. The molecule has 0 bridgehead atoms. The fourth-order valence-electron chi connectivity index (χ4n) is 11.0. The van der Waals surface area contributed by atoms with Crippen molar-refractivity contribution in [2.75, 3.05) is 0 Å². The molecule has 64 heavy (non-hydrogen) atoms. The summed E-state index contributed by atoms with van der Waals surface area (Å²) in [6.45, 7) is 0. The normalized spacial score (nSPS) is 12.4. The molecular formula is C58H33N5S. The average molecular weight is 832 g/mol. The third-order valence-electron chi connectivity index (χ3n) is 13.6. The third-order valence-corrected chi connectivity index (χ3v) is 14.8. The molecule has 0 amide bonds. The van der Waals surface area contributed by atoms with Gasteiger partial charge in [0.25, 0.3) is 0 Å². The lowest BCUT2D eigenvalue weighted by atomic mass is 9.91. The second-order valence-electron chi connectivity index (χ2n) is 16.9. The molecule has 14 aromatic rings. The number of fused-ring (bicyclic) bond motifs is 18. The van der Waals surface area contributed by atoms with Crippen LogP contribution in [0.5, 0.6) is 0 Å². The first-order chi connectivity index (χ1) is 31.8. The predicted octanol–water partition coefficient (Wildman–Crippen LogP) is 15.5. The fraction of sp³-hybridized carbons (Fsp3) is 0. The maximum Gasteiger partial charge on any atom is 0.235 e. The highest BCUT2D eigenvalue weighted by atomic mass is 32.1. The van der Waals surface area contributed by atoms with Crippen molar-refractivity contribution in [2.24, 2.45) is 0 Å². The smallest absolute Gasteiger partial charge is 0.235 e. The van der Waals surface area contributed by atoms with E-state index in [9.17, 15) is 0 Å². The zero-order valence-corrected chi connectivity index (χ0v) is 35.0. The Bertz CT molecular complexity index is 4320. The van der Waals surface area contributed by atoms with Gasteiger partial charge in [0.1, 0.15) is 0 Å². The Kier molecular flexibility index (Phi) is 6.77. The van der Waals surface area contributed by atoms with Crippen LogP contribution in [0.2, 0.25) is 0 Å². The van der Waals surface area contributed by atoms with Crippen LogP contribution in [-0.4, -0.2) is 23.7 Å². The van der Waals surface area contributed by atoms with Gasteiger partial charge < -0.3 is 9.13 Å². The van der Waals surface area contributed by atoms with Crippen molar-refractivity contribution in [1.82, 2.24) is 23.7 Å². The molecule has 296 valence electrons. The van der Waals surface area contributed by atoms with E-state index >= 15 is 0 Å². The molecule has 0 atom stereocenters. The minimum Gasteiger partial charge on any atom is -0.309 e. The molecular weight excluding hydrogens is 799 g/mol. The Hall–Kier alpha value is -8.32. The van der Waals surface area contributed by atoms with Crippen LogP contribution in [0.4, 0.5) is 0 Å². The van der Waals surface area contributed by atoms with Crippen molar-refractivity contribution in [3.63, 3.8) is 0 Å². The summed E-state index contributed by atoms with van der Waals surface area (Å²) in [5, 5.41) is 8.33. The molecule has 0 N–H and O–H groups in total. The molecule has 0 saturated carbocycles. The van der Waals surface area contributed by atoms with E-state index in [0.717, 1.165) is 49.1 Å². The minimum absolute atomic E-state index is 0.657. The van der Waals surface area contributed by atoms with Gasteiger partial charge in [-0.25, -0.2) is 9.97 Å². The molecule has 6 heteroatoms. The minimum atomic E-state index is 0.657. The van der Waals surface area contributed by atoms with Crippen LogP contribution in [0.3, 0.4) is 0 Å². The number of thiophene rings is 1. The highest BCUT2D eigenvalue weighted by molar-refractivity contribution is 7.26. The van der Waals surface area contributed by atoms with Gasteiger partial charge in [0.05, 0.1) is 54.7 Å². The zero-order chi connectivity index (χ0) is 41.6. The van der Waals surface area contributed by atoms with Crippen LogP contribution in [-0.2, 0) is 0 Å². The molecule has 0 spiro atoms. The maximum absolute atomic E-state index is 5.72. The van der Waals surface area contributed by atoms with Crippen molar-refractivity contribution in [3.05, 3.63) is 200 Å². The third kappa shape index (κ3) is 4.46. The molecule has 5 aromatic heterocycles. The van der Waals surface area contributed by atoms with Gasteiger partial charge in [0, 0.05) is 64.8 Å². The monoisotopic (exact) mass is 831 g/mol. The van der Waals surface area contributed by atoms with E-state index in [1.54, 1.807) is 11.3 Å². The first-order valence-corrected chi connectivity index (χ1v) is 22.6. The Morgan fingerprint density at radius 1 is 0.391 bits per heavy atom. The van der Waals surface area contributed by atoms with E-state index in [0.29, 0.717) is 5.95 Å². The van der Waals surface area contributed by atoms with Gasteiger partial charge in [-0.15, -0.1) is 11.3 Å². The number of benzene rings is 9. The standard InChI is InChI=1S/C58H33N5S/c1-2-16-35(17-3-1)61-45-25-11-7-20-38(45)43-32-34(30-31-49(43)61)54-57-55(42-24-10-15-29-51(42)64-57)60-58(59-54)63-48-28-14-9-23-41(48)52-50(63)33-44-39-21-8-13-27-47(39)62-46-26-12-6-19-37(46)36-18-4-5-22-40(36)53(52)56(44)62/h1-33H. The highest BCUT2D eigenvalue weighted by Gasteiger charge is 2.30. The van der Waals surface area contributed by atoms with Crippen molar-refractivity contribution >= 4 is 97.1 Å². The van der Waals surface area contributed by atoms with E-state index < -0.39 is 0 Å². The largest absolute Gasteiger partial charge is 0.309 e. The molecule has 1 aliphatic heterocycles. The summed E-state index contributed by atoms with van der Waals surface area (Å²) in [5.74, 6) is 0.657. The van der Waals surface area contributed by atoms with Crippen LogP contribution in [0.15, 0.2) is 200 Å². The predicted molar refractivity (Wildman–Crippen MR) is 268 cm³/mol. The summed E-state index contributed by atoms with van der Waals surface area (Å²) in [7, 11) is 0. The lowest BCUT2D eigenvalue weighted by molar-refractivity contribution is 1.02. The summed E-state index contributed by atoms with van der Waals surface area (Å²) >= 11 is 1.77. The molecule has 1 aliphatic rings. The Morgan fingerprint density at radius 2 is 1.00 bits per heavy atom. The molecule has 9 aromatic carbocycles. The van der Waals surface area contributed by atoms with Crippen LogP contribution >= 0.6 is 11.3 Å². The van der Waals surface area contributed by atoms with E-state index in [2.05, 4.69) is 214 Å². The summed E-state index contributed by atoms with van der Waals surface area (Å²) in [5.41, 5.74) is 17.1. The van der Waals surface area contributed by atoms with Crippen molar-refractivity contribution in [2.45, 2.75) is 0 Å². The molecule has 0 saturated heterocycles. The van der Waals surface area contributed by atoms with Crippen LogP contribution < -0.4 is 0 Å². The van der Waals surface area contributed by atoms with Gasteiger partial charge in [-0.2, -0.15) is 0 Å². The molecule has 6 heterocycles. The van der Waals surface area contributed by atoms with E-state index in [1.165, 1.54) is 81.5 Å². The van der Waals surface area contributed by atoms with E-state index in [4.69, 9.17) is 9.97 Å². The average Bonchev–Trinajstić information content (AvgIpc) is 4.07. The molecule has 0 fully saturated rings. The number of hydrogen-bond donors (Lipinski definition) is 0. The van der Waals surface area contributed by atoms with Crippen LogP contribution in [0.1, 0.15) is 0 Å². The van der Waals surface area contributed by atoms with Crippen LogP contribution in [0, 0.1) is 0 Å². The van der Waals surface area contributed by atoms with Gasteiger partial charge in [-0.05, 0) is 71.8 Å². The van der Waals surface area contributed by atoms with Crippen LogP contribution in [0.25, 0.3) is 137 Å². The molecule has 0 unspecified atom stereocenters. The van der Waals surface area contributed by atoms with E-state index in [1.807, 2.05) is 0 Å². The first-order valence-electron chi connectivity index (χ1n) is 21.8. The first kappa shape index (κ1) is 34.3. The maximum atomic E-state index is 5.72. The summed E-state index contributed by atoms with van der Waals surface area (Å²) in [6, 6.07) is 72.8. The summed E-state index contributed by atoms with van der Waals surface area (Å²) in [6.07, 6.45) is 0. The summed E-state index contributed by atoms with van der Waals surface area (Å²) in [4.78, 5) is 11.3. The Morgan fingerprint density at radius 3 is 1.81 bits per heavy atom. The van der Waals surface area contributed by atoms with Crippen molar-refractivity contribution < 1.29 is 0 Å². The zero-order valence-electron chi connectivity index (χ0n) is 34.2. The lowest BCUT2D eigenvalue weighted by Crippen LogP contribution is -2.03. The molecule has 0 aliphatic carbocycles. The van der Waals surface area contributed by atoms with Gasteiger partial charge in [0.15, 0.2) is 0 Å². The van der Waals surface area contributed by atoms with Crippen molar-refractivity contribution in [3.8, 4) is 50.8 Å². The SMILES string of the molecule is c1ccc(-n2c3ccccc3c3cc(-c4nc(-n5c6ccccc6c6c7c8c(cc65)c5ccccc5n8-c5ccccc5-c5ccccc5-7)nc5c4sc4ccccc45)ccc32)cc1. The molecule has 15 rings (SSSR count). The molecule has 0 radical (unpaired) electrons. The Labute approximate surface area is 370 Å². The number of nitrogens with zero attached hydrogens (tertiary/aromatic N) is 5. The van der Waals surface area contributed by atoms with E-state index in [-0.39, 0.29) is 0 Å². The van der Waals surface area contributed by atoms with Gasteiger partial charge >= 0.3 is 0 Å². The van der Waals surface area contributed by atoms with Gasteiger partial charge in [-0.3, -0.25) is 4.57 Å². The summed E-state index contributed by atoms with van der Waals surface area (Å²) < 4.78 is 9.49. The second kappa shape index (κ2) is 12.6.